The molecule has 0 aliphatic rings. The number of hydrogen-bond acceptors (Lipinski definition) is 3. The van der Waals surface area contributed by atoms with Crippen LogP contribution in [0.15, 0.2) is 42.6 Å². The number of rotatable bonds is 7. The lowest BCUT2D eigenvalue weighted by atomic mass is 10.1. The molecule has 0 bridgehead atoms. The maximum Gasteiger partial charge on any atom is 0.145 e. The summed E-state index contributed by atoms with van der Waals surface area (Å²) in [6, 6.07) is 12.5. The summed E-state index contributed by atoms with van der Waals surface area (Å²) in [5, 5.41) is 3.17. The van der Waals surface area contributed by atoms with Crippen LogP contribution in [0.2, 0.25) is 0 Å². The SMILES string of the molecule is CCCCc1ccc(Oc2ccc(C(C)NC)nc2)cc1. The molecule has 2 aromatic rings. The quantitative estimate of drug-likeness (QED) is 0.813. The van der Waals surface area contributed by atoms with Gasteiger partial charge in [0, 0.05) is 6.04 Å². The van der Waals surface area contributed by atoms with E-state index in [2.05, 4.69) is 36.3 Å². The average Bonchev–Trinajstić information content (AvgIpc) is 2.54. The van der Waals surface area contributed by atoms with Gasteiger partial charge in [0.05, 0.1) is 11.9 Å². The van der Waals surface area contributed by atoms with Crippen LogP contribution in [-0.4, -0.2) is 12.0 Å². The van der Waals surface area contributed by atoms with E-state index < -0.39 is 0 Å². The predicted molar refractivity (Wildman–Crippen MR) is 86.8 cm³/mol. The molecule has 1 unspecified atom stereocenters. The van der Waals surface area contributed by atoms with E-state index in [-0.39, 0.29) is 6.04 Å². The van der Waals surface area contributed by atoms with Gasteiger partial charge in [-0.25, -0.2) is 0 Å². The largest absolute Gasteiger partial charge is 0.456 e. The lowest BCUT2D eigenvalue weighted by Crippen LogP contribution is -2.13. The lowest BCUT2D eigenvalue weighted by Gasteiger charge is -2.11. The Labute approximate surface area is 127 Å². The van der Waals surface area contributed by atoms with E-state index in [0.29, 0.717) is 0 Å². The average molecular weight is 284 g/mol. The van der Waals surface area contributed by atoms with Gasteiger partial charge < -0.3 is 10.1 Å². The van der Waals surface area contributed by atoms with Crippen molar-refractivity contribution < 1.29 is 4.74 Å². The van der Waals surface area contributed by atoms with E-state index in [4.69, 9.17) is 4.74 Å². The summed E-state index contributed by atoms with van der Waals surface area (Å²) < 4.78 is 5.82. The Morgan fingerprint density at radius 3 is 2.38 bits per heavy atom. The normalized spacial score (nSPS) is 12.1. The maximum absolute atomic E-state index is 5.82. The number of hydrogen-bond donors (Lipinski definition) is 1. The fraction of sp³-hybridized carbons (Fsp3) is 0.389. The highest BCUT2D eigenvalue weighted by Crippen LogP contribution is 2.22. The first kappa shape index (κ1) is 15.5. The van der Waals surface area contributed by atoms with Crippen molar-refractivity contribution in [1.29, 1.82) is 0 Å². The first-order valence-corrected chi connectivity index (χ1v) is 7.63. The van der Waals surface area contributed by atoms with Gasteiger partial charge >= 0.3 is 0 Å². The van der Waals surface area contributed by atoms with Crippen LogP contribution in [-0.2, 0) is 6.42 Å². The molecule has 21 heavy (non-hydrogen) atoms. The van der Waals surface area contributed by atoms with Crippen molar-refractivity contribution >= 4 is 0 Å². The number of nitrogens with one attached hydrogen (secondary N) is 1. The molecule has 3 nitrogen and oxygen atoms in total. The number of pyridine rings is 1. The van der Waals surface area contributed by atoms with Gasteiger partial charge in [-0.3, -0.25) is 4.98 Å². The first-order chi connectivity index (χ1) is 10.2. The second kappa shape index (κ2) is 7.79. The van der Waals surface area contributed by atoms with Crippen LogP contribution in [0, 0.1) is 0 Å². The molecule has 1 aromatic carbocycles. The molecule has 0 amide bonds. The third kappa shape index (κ3) is 4.57. The molecular weight excluding hydrogens is 260 g/mol. The van der Waals surface area contributed by atoms with Crippen molar-refractivity contribution in [1.82, 2.24) is 10.3 Å². The van der Waals surface area contributed by atoms with E-state index in [0.717, 1.165) is 23.6 Å². The Kier molecular flexibility index (Phi) is 5.76. The summed E-state index contributed by atoms with van der Waals surface area (Å²) in [7, 11) is 1.93. The molecular formula is C18H24N2O. The van der Waals surface area contributed by atoms with E-state index in [1.165, 1.54) is 18.4 Å². The number of aromatic nitrogens is 1. The predicted octanol–water partition coefficient (Wildman–Crippen LogP) is 4.50. The Morgan fingerprint density at radius 2 is 1.81 bits per heavy atom. The van der Waals surface area contributed by atoms with Gasteiger partial charge in [-0.05, 0) is 56.6 Å². The van der Waals surface area contributed by atoms with Crippen molar-refractivity contribution in [2.75, 3.05) is 7.05 Å². The van der Waals surface area contributed by atoms with Crippen LogP contribution >= 0.6 is 0 Å². The third-order valence-corrected chi connectivity index (χ3v) is 3.61. The number of benzene rings is 1. The maximum atomic E-state index is 5.82. The molecule has 0 saturated heterocycles. The van der Waals surface area contributed by atoms with Gasteiger partial charge in [-0.1, -0.05) is 25.5 Å². The fourth-order valence-corrected chi connectivity index (χ4v) is 2.10. The second-order valence-electron chi connectivity index (χ2n) is 5.28. The molecule has 0 aliphatic heterocycles. The van der Waals surface area contributed by atoms with Gasteiger partial charge in [0.15, 0.2) is 0 Å². The van der Waals surface area contributed by atoms with Crippen molar-refractivity contribution in [3.63, 3.8) is 0 Å². The zero-order chi connectivity index (χ0) is 15.1. The molecule has 0 fully saturated rings. The van der Waals surface area contributed by atoms with Crippen LogP contribution in [0.25, 0.3) is 0 Å². The van der Waals surface area contributed by atoms with Gasteiger partial charge in [0.2, 0.25) is 0 Å². The minimum Gasteiger partial charge on any atom is -0.456 e. The second-order valence-corrected chi connectivity index (χ2v) is 5.28. The Hall–Kier alpha value is -1.87. The molecule has 0 radical (unpaired) electrons. The van der Waals surface area contributed by atoms with E-state index >= 15 is 0 Å². The molecule has 0 aliphatic carbocycles. The summed E-state index contributed by atoms with van der Waals surface area (Å²) in [5.74, 6) is 1.62. The smallest absolute Gasteiger partial charge is 0.145 e. The van der Waals surface area contributed by atoms with Gasteiger partial charge in [-0.15, -0.1) is 0 Å². The van der Waals surface area contributed by atoms with Gasteiger partial charge in [0.25, 0.3) is 0 Å². The number of unbranched alkanes of at least 4 members (excludes halogenated alkanes) is 1. The van der Waals surface area contributed by atoms with Crippen LogP contribution < -0.4 is 10.1 Å². The van der Waals surface area contributed by atoms with Crippen LogP contribution in [0.5, 0.6) is 11.5 Å². The number of ether oxygens (including phenoxy) is 1. The topological polar surface area (TPSA) is 34.1 Å². The Balaban J connectivity index is 1.97. The summed E-state index contributed by atoms with van der Waals surface area (Å²) >= 11 is 0. The Morgan fingerprint density at radius 1 is 1.10 bits per heavy atom. The van der Waals surface area contributed by atoms with Crippen LogP contribution in [0.3, 0.4) is 0 Å². The van der Waals surface area contributed by atoms with E-state index in [1.807, 2.05) is 31.3 Å². The third-order valence-electron chi connectivity index (χ3n) is 3.61. The molecule has 1 atom stereocenters. The molecule has 112 valence electrons. The number of nitrogens with zero attached hydrogens (tertiary/aromatic N) is 1. The van der Waals surface area contributed by atoms with Crippen molar-refractivity contribution in [2.45, 2.75) is 39.2 Å². The standard InChI is InChI=1S/C18H24N2O/c1-4-5-6-15-7-9-16(10-8-15)21-17-11-12-18(20-13-17)14(2)19-3/h7-14,19H,4-6H2,1-3H3. The van der Waals surface area contributed by atoms with Gasteiger partial charge in [-0.2, -0.15) is 0 Å². The molecule has 0 saturated carbocycles. The minimum absolute atomic E-state index is 0.247. The highest BCUT2D eigenvalue weighted by atomic mass is 16.5. The van der Waals surface area contributed by atoms with Crippen molar-refractivity contribution in [3.8, 4) is 11.5 Å². The molecule has 3 heteroatoms. The monoisotopic (exact) mass is 284 g/mol. The summed E-state index contributed by atoms with van der Waals surface area (Å²) in [6.45, 7) is 4.29. The Bertz CT molecular complexity index is 534. The highest BCUT2D eigenvalue weighted by molar-refractivity contribution is 5.32. The summed E-state index contributed by atoms with van der Waals surface area (Å²) in [6.07, 6.45) is 5.36. The van der Waals surface area contributed by atoms with E-state index in [1.54, 1.807) is 6.20 Å². The van der Waals surface area contributed by atoms with Crippen LogP contribution in [0.4, 0.5) is 0 Å². The zero-order valence-electron chi connectivity index (χ0n) is 13.1. The number of aryl methyl sites for hydroxylation is 1. The zero-order valence-corrected chi connectivity index (χ0v) is 13.1. The first-order valence-electron chi connectivity index (χ1n) is 7.63. The van der Waals surface area contributed by atoms with Gasteiger partial charge in [0.1, 0.15) is 11.5 Å². The molecule has 2 rings (SSSR count). The van der Waals surface area contributed by atoms with E-state index in [9.17, 15) is 0 Å². The molecule has 1 N–H and O–H groups in total. The summed E-state index contributed by atoms with van der Waals surface area (Å²) in [4.78, 5) is 4.42. The van der Waals surface area contributed by atoms with Crippen molar-refractivity contribution in [3.05, 3.63) is 53.9 Å². The molecule has 1 aromatic heterocycles. The lowest BCUT2D eigenvalue weighted by molar-refractivity contribution is 0.478. The highest BCUT2D eigenvalue weighted by Gasteiger charge is 2.04. The fourth-order valence-electron chi connectivity index (χ4n) is 2.10. The van der Waals surface area contributed by atoms with Crippen LogP contribution in [0.1, 0.15) is 44.0 Å². The minimum atomic E-state index is 0.247. The summed E-state index contributed by atoms with van der Waals surface area (Å²) in [5.41, 5.74) is 2.38. The molecule has 1 heterocycles. The molecule has 0 spiro atoms. The van der Waals surface area contributed by atoms with Crippen molar-refractivity contribution in [2.24, 2.45) is 0 Å².